The third kappa shape index (κ3) is 2.95. The highest BCUT2D eigenvalue weighted by Crippen LogP contribution is 2.00. The molecule has 0 atom stereocenters. The van der Waals surface area contributed by atoms with Gasteiger partial charge in [-0.25, -0.2) is 0 Å². The Hall–Kier alpha value is -2.35. The first-order valence-electron chi connectivity index (χ1n) is 3.84. The van der Waals surface area contributed by atoms with Crippen LogP contribution in [0.2, 0.25) is 0 Å². The number of benzene rings is 1. The fourth-order valence-electron chi connectivity index (χ4n) is 0.806. The molecule has 0 amide bonds. The Bertz CT molecular complexity index is 392. The van der Waals surface area contributed by atoms with Crippen molar-refractivity contribution in [2.75, 3.05) is 0 Å². The van der Waals surface area contributed by atoms with E-state index >= 15 is 0 Å². The van der Waals surface area contributed by atoms with E-state index in [1.165, 1.54) is 6.21 Å². The molecule has 0 aliphatic rings. The van der Waals surface area contributed by atoms with Gasteiger partial charge in [0, 0.05) is 0 Å². The van der Waals surface area contributed by atoms with Crippen LogP contribution >= 0.6 is 0 Å². The highest BCUT2D eigenvalue weighted by molar-refractivity contribution is 5.81. The smallest absolute Gasteiger partial charge is 0.211 e. The van der Waals surface area contributed by atoms with Crippen molar-refractivity contribution in [2.45, 2.75) is 0 Å². The quantitative estimate of drug-likeness (QED) is 0.392. The summed E-state index contributed by atoms with van der Waals surface area (Å²) < 4.78 is 0. The number of nitrogens with zero attached hydrogens (tertiary/aromatic N) is 3. The zero-order valence-electron chi connectivity index (χ0n) is 7.38. The van der Waals surface area contributed by atoms with E-state index in [4.69, 9.17) is 16.7 Å². The largest absolute Gasteiger partial charge is 0.369 e. The first-order valence-corrected chi connectivity index (χ1v) is 3.84. The molecule has 0 heterocycles. The third-order valence-electron chi connectivity index (χ3n) is 1.42. The van der Waals surface area contributed by atoms with Crippen molar-refractivity contribution in [3.05, 3.63) is 35.4 Å². The normalized spacial score (nSPS) is 9.64. The number of nitriles is 1. The van der Waals surface area contributed by atoms with Gasteiger partial charge in [0.1, 0.15) is 0 Å². The monoisotopic (exact) mass is 187 g/mol. The molecule has 5 heteroatoms. The minimum atomic E-state index is -0.0881. The van der Waals surface area contributed by atoms with Crippen LogP contribution in [0.3, 0.4) is 0 Å². The van der Waals surface area contributed by atoms with E-state index in [9.17, 15) is 0 Å². The van der Waals surface area contributed by atoms with Gasteiger partial charge in [0.25, 0.3) is 0 Å². The van der Waals surface area contributed by atoms with Crippen LogP contribution in [0.25, 0.3) is 0 Å². The molecule has 0 aliphatic heterocycles. The molecule has 0 saturated heterocycles. The molecule has 0 aromatic heterocycles. The first-order chi connectivity index (χ1) is 6.72. The van der Waals surface area contributed by atoms with Gasteiger partial charge in [-0.1, -0.05) is 12.1 Å². The minimum Gasteiger partial charge on any atom is -0.369 e. The average Bonchev–Trinajstić information content (AvgIpc) is 2.18. The van der Waals surface area contributed by atoms with Crippen LogP contribution in [0, 0.1) is 11.3 Å². The summed E-state index contributed by atoms with van der Waals surface area (Å²) in [6.07, 6.45) is 1.50. The second-order valence-electron chi connectivity index (χ2n) is 2.50. The summed E-state index contributed by atoms with van der Waals surface area (Å²) in [5.41, 5.74) is 11.6. The predicted molar refractivity (Wildman–Crippen MR) is 54.6 cm³/mol. The van der Waals surface area contributed by atoms with E-state index in [1.54, 1.807) is 24.3 Å². The van der Waals surface area contributed by atoms with Gasteiger partial charge in [0.2, 0.25) is 5.96 Å². The van der Waals surface area contributed by atoms with Crippen molar-refractivity contribution in [3.63, 3.8) is 0 Å². The van der Waals surface area contributed by atoms with Crippen LogP contribution in [-0.2, 0) is 0 Å². The van der Waals surface area contributed by atoms with Crippen LogP contribution in [-0.4, -0.2) is 12.2 Å². The zero-order valence-corrected chi connectivity index (χ0v) is 7.38. The summed E-state index contributed by atoms with van der Waals surface area (Å²) in [4.78, 5) is 0. The summed E-state index contributed by atoms with van der Waals surface area (Å²) in [7, 11) is 0. The predicted octanol–water partition coefficient (Wildman–Crippen LogP) is 0.166. The SMILES string of the molecule is N#Cc1ccc(/C=N\N=C(N)N)cc1. The summed E-state index contributed by atoms with van der Waals surface area (Å²) in [5.74, 6) is -0.0881. The Morgan fingerprint density at radius 1 is 1.29 bits per heavy atom. The van der Waals surface area contributed by atoms with Gasteiger partial charge < -0.3 is 11.5 Å². The fraction of sp³-hybridized carbons (Fsp3) is 0. The van der Waals surface area contributed by atoms with Crippen molar-refractivity contribution >= 4 is 12.2 Å². The molecule has 14 heavy (non-hydrogen) atoms. The van der Waals surface area contributed by atoms with Crippen LogP contribution in [0.1, 0.15) is 11.1 Å². The number of hydrogen-bond acceptors (Lipinski definition) is 3. The Kier molecular flexibility index (Phi) is 3.21. The number of rotatable bonds is 2. The average molecular weight is 187 g/mol. The molecule has 1 aromatic carbocycles. The van der Waals surface area contributed by atoms with Crippen LogP contribution in [0.15, 0.2) is 34.5 Å². The zero-order chi connectivity index (χ0) is 10.4. The molecule has 0 fully saturated rings. The Morgan fingerprint density at radius 2 is 1.93 bits per heavy atom. The standard InChI is InChI=1S/C9H9N5/c10-5-7-1-3-8(4-2-7)6-13-14-9(11)12/h1-4,6H,(H4,11,12,14)/b13-6-. The molecule has 70 valence electrons. The molecule has 0 radical (unpaired) electrons. The summed E-state index contributed by atoms with van der Waals surface area (Å²) in [6, 6.07) is 8.91. The van der Waals surface area contributed by atoms with Gasteiger partial charge in [-0.3, -0.25) is 0 Å². The molecule has 4 N–H and O–H groups in total. The van der Waals surface area contributed by atoms with Crippen molar-refractivity contribution in [3.8, 4) is 6.07 Å². The van der Waals surface area contributed by atoms with Crippen molar-refractivity contribution in [2.24, 2.45) is 21.7 Å². The van der Waals surface area contributed by atoms with Gasteiger partial charge in [-0.2, -0.15) is 10.4 Å². The van der Waals surface area contributed by atoms with Crippen molar-refractivity contribution in [1.29, 1.82) is 5.26 Å². The molecule has 0 spiro atoms. The van der Waals surface area contributed by atoms with Gasteiger partial charge in [-0.15, -0.1) is 5.10 Å². The van der Waals surface area contributed by atoms with Gasteiger partial charge in [-0.05, 0) is 17.7 Å². The van der Waals surface area contributed by atoms with E-state index in [0.29, 0.717) is 5.56 Å². The van der Waals surface area contributed by atoms with E-state index in [2.05, 4.69) is 10.2 Å². The Morgan fingerprint density at radius 3 is 2.43 bits per heavy atom. The maximum absolute atomic E-state index is 8.54. The second-order valence-corrected chi connectivity index (χ2v) is 2.50. The van der Waals surface area contributed by atoms with Crippen LogP contribution in [0.4, 0.5) is 0 Å². The van der Waals surface area contributed by atoms with E-state index < -0.39 is 0 Å². The van der Waals surface area contributed by atoms with Crippen molar-refractivity contribution < 1.29 is 0 Å². The molecular formula is C9H9N5. The lowest BCUT2D eigenvalue weighted by molar-refractivity contribution is 1.21. The van der Waals surface area contributed by atoms with Gasteiger partial charge >= 0.3 is 0 Å². The van der Waals surface area contributed by atoms with Crippen LogP contribution < -0.4 is 11.5 Å². The van der Waals surface area contributed by atoms with E-state index in [1.807, 2.05) is 6.07 Å². The van der Waals surface area contributed by atoms with Crippen molar-refractivity contribution in [1.82, 2.24) is 0 Å². The Balaban J connectivity index is 2.75. The number of hydrogen-bond donors (Lipinski definition) is 2. The van der Waals surface area contributed by atoms with E-state index in [0.717, 1.165) is 5.56 Å². The third-order valence-corrected chi connectivity index (χ3v) is 1.42. The lowest BCUT2D eigenvalue weighted by atomic mass is 10.2. The topological polar surface area (TPSA) is 101 Å². The van der Waals surface area contributed by atoms with Gasteiger partial charge in [0.15, 0.2) is 0 Å². The lowest BCUT2D eigenvalue weighted by Crippen LogP contribution is -2.21. The maximum Gasteiger partial charge on any atom is 0.211 e. The summed E-state index contributed by atoms with van der Waals surface area (Å²) >= 11 is 0. The van der Waals surface area contributed by atoms with Gasteiger partial charge in [0.05, 0.1) is 17.8 Å². The number of guanidine groups is 1. The van der Waals surface area contributed by atoms with E-state index in [-0.39, 0.29) is 5.96 Å². The Labute approximate surface area is 81.4 Å². The number of nitrogens with two attached hydrogens (primary N) is 2. The molecule has 0 aliphatic carbocycles. The van der Waals surface area contributed by atoms with Crippen LogP contribution in [0.5, 0.6) is 0 Å². The summed E-state index contributed by atoms with van der Waals surface area (Å²) in [5, 5.41) is 15.6. The fourth-order valence-corrected chi connectivity index (χ4v) is 0.806. The molecule has 1 rings (SSSR count). The molecule has 1 aromatic rings. The minimum absolute atomic E-state index is 0.0881. The molecular weight excluding hydrogens is 178 g/mol. The first kappa shape index (κ1) is 9.74. The molecule has 0 unspecified atom stereocenters. The molecule has 5 nitrogen and oxygen atoms in total. The highest BCUT2D eigenvalue weighted by Gasteiger charge is 1.89. The molecule has 0 saturated carbocycles. The highest BCUT2D eigenvalue weighted by atomic mass is 15.3. The second kappa shape index (κ2) is 4.62. The maximum atomic E-state index is 8.54. The summed E-state index contributed by atoms with van der Waals surface area (Å²) in [6.45, 7) is 0. The molecule has 0 bridgehead atoms. The lowest BCUT2D eigenvalue weighted by Gasteiger charge is -1.90.